The lowest BCUT2D eigenvalue weighted by molar-refractivity contribution is -0.167. The third-order valence-electron chi connectivity index (χ3n) is 13.7. The van der Waals surface area contributed by atoms with Crippen molar-refractivity contribution >= 4 is 17.9 Å². The highest BCUT2D eigenvalue weighted by molar-refractivity contribution is 5.71. The summed E-state index contributed by atoms with van der Waals surface area (Å²) in [6.07, 6.45) is 99.6. The van der Waals surface area contributed by atoms with Crippen LogP contribution in [0.25, 0.3) is 0 Å². The molecule has 0 aliphatic heterocycles. The third kappa shape index (κ3) is 65.8. The van der Waals surface area contributed by atoms with Gasteiger partial charge in [0.05, 0.1) is 0 Å². The van der Waals surface area contributed by atoms with Crippen molar-refractivity contribution in [3.63, 3.8) is 0 Å². The van der Waals surface area contributed by atoms with Crippen LogP contribution >= 0.6 is 0 Å². The first kappa shape index (κ1) is 77.0. The highest BCUT2D eigenvalue weighted by Crippen LogP contribution is 2.14. The van der Waals surface area contributed by atoms with Gasteiger partial charge in [-0.3, -0.25) is 14.4 Å². The van der Waals surface area contributed by atoms with Gasteiger partial charge < -0.3 is 14.2 Å². The molecular weight excluding hydrogens is 1010 g/mol. The summed E-state index contributed by atoms with van der Waals surface area (Å²) in [5, 5.41) is 0. The molecular formula is C76H122O6. The Hall–Kier alpha value is -4.97. The summed E-state index contributed by atoms with van der Waals surface area (Å²) in [6, 6.07) is 0. The second-order valence-electron chi connectivity index (χ2n) is 21.6. The van der Waals surface area contributed by atoms with E-state index in [1.165, 1.54) is 70.6 Å². The quantitative estimate of drug-likeness (QED) is 0.0261. The van der Waals surface area contributed by atoms with E-state index in [0.717, 1.165) is 173 Å². The van der Waals surface area contributed by atoms with Gasteiger partial charge in [0.15, 0.2) is 6.10 Å². The fraction of sp³-hybridized carbons (Fsp3) is 0.618. The van der Waals surface area contributed by atoms with E-state index in [9.17, 15) is 14.4 Å². The van der Waals surface area contributed by atoms with Gasteiger partial charge >= 0.3 is 17.9 Å². The Morgan fingerprint density at radius 3 is 0.780 bits per heavy atom. The molecule has 0 spiro atoms. The number of ether oxygens (including phenoxy) is 3. The second-order valence-corrected chi connectivity index (χ2v) is 21.6. The molecule has 462 valence electrons. The number of carbonyl (C=O) groups excluding carboxylic acids is 3. The zero-order valence-electron chi connectivity index (χ0n) is 52.9. The molecule has 0 N–H and O–H groups in total. The van der Waals surface area contributed by atoms with E-state index < -0.39 is 6.10 Å². The lowest BCUT2D eigenvalue weighted by atomic mass is 10.1. The fourth-order valence-corrected chi connectivity index (χ4v) is 8.72. The number of unbranched alkanes of at least 4 members (excludes halogenated alkanes) is 22. The van der Waals surface area contributed by atoms with Gasteiger partial charge in [0.25, 0.3) is 0 Å². The first-order valence-electron chi connectivity index (χ1n) is 33.5. The van der Waals surface area contributed by atoms with Crippen LogP contribution in [0.1, 0.15) is 284 Å². The summed E-state index contributed by atoms with van der Waals surface area (Å²) in [7, 11) is 0. The molecule has 1 unspecified atom stereocenters. The highest BCUT2D eigenvalue weighted by Gasteiger charge is 2.19. The molecule has 0 saturated heterocycles. The first-order chi connectivity index (χ1) is 40.5. The van der Waals surface area contributed by atoms with E-state index in [2.05, 4.69) is 179 Å². The predicted molar refractivity (Wildman–Crippen MR) is 357 cm³/mol. The van der Waals surface area contributed by atoms with Crippen molar-refractivity contribution in [2.45, 2.75) is 290 Å². The Balaban J connectivity index is 4.37. The minimum absolute atomic E-state index is 0.0999. The Kier molecular flexibility index (Phi) is 64.4. The molecule has 0 amide bonds. The van der Waals surface area contributed by atoms with Crippen LogP contribution in [0.2, 0.25) is 0 Å². The lowest BCUT2D eigenvalue weighted by Gasteiger charge is -2.18. The minimum atomic E-state index is -0.804. The normalized spacial score (nSPS) is 13.2. The maximum absolute atomic E-state index is 12.9. The maximum Gasteiger partial charge on any atom is 0.306 e. The van der Waals surface area contributed by atoms with E-state index in [4.69, 9.17) is 14.2 Å². The minimum Gasteiger partial charge on any atom is -0.462 e. The third-order valence-corrected chi connectivity index (χ3v) is 13.7. The van der Waals surface area contributed by atoms with Crippen molar-refractivity contribution in [3.8, 4) is 0 Å². The molecule has 0 aromatic carbocycles. The standard InChI is InChI=1S/C76H122O6/c1-4-7-10-13-16-19-22-25-28-30-31-32-33-34-35-36-37-38-39-40-41-42-43-44-45-47-48-51-54-57-60-63-66-69-75(78)81-72-73(71-80-74(77)68-65-62-59-56-53-50-27-24-21-18-15-12-9-6-3)82-76(79)70-67-64-61-58-55-52-49-46-29-26-23-20-17-14-11-8-5-2/h7,10,15-20,24-29,31-32,34-35,37-38,40-41,43-44,47-48,73H,4-6,8-9,11-14,21-23,30,33,36,39,42,45-46,49-72H2,1-3H3/b10-7-,18-15-,19-16-,20-17-,27-24-,28-25-,29-26-,32-31-,35-34-,38-37-,41-40-,44-43-,48-47-. The van der Waals surface area contributed by atoms with Gasteiger partial charge in [-0.2, -0.15) is 0 Å². The summed E-state index contributed by atoms with van der Waals surface area (Å²) < 4.78 is 16.9. The van der Waals surface area contributed by atoms with Gasteiger partial charge in [-0.25, -0.2) is 0 Å². The summed E-state index contributed by atoms with van der Waals surface area (Å²) in [6.45, 7) is 6.43. The van der Waals surface area contributed by atoms with Gasteiger partial charge in [0.1, 0.15) is 13.2 Å². The number of esters is 3. The molecule has 6 heteroatoms. The smallest absolute Gasteiger partial charge is 0.306 e. The van der Waals surface area contributed by atoms with Crippen LogP contribution in [0, 0.1) is 0 Å². The molecule has 0 bridgehead atoms. The van der Waals surface area contributed by atoms with Crippen LogP contribution in [-0.2, 0) is 28.6 Å². The van der Waals surface area contributed by atoms with E-state index in [0.29, 0.717) is 19.3 Å². The highest BCUT2D eigenvalue weighted by atomic mass is 16.6. The van der Waals surface area contributed by atoms with E-state index in [1.54, 1.807) is 0 Å². The average Bonchev–Trinajstić information content (AvgIpc) is 3.47. The van der Waals surface area contributed by atoms with Crippen LogP contribution in [0.3, 0.4) is 0 Å². The molecule has 0 aliphatic carbocycles. The Morgan fingerprint density at radius 1 is 0.256 bits per heavy atom. The van der Waals surface area contributed by atoms with Gasteiger partial charge in [-0.1, -0.05) is 275 Å². The topological polar surface area (TPSA) is 78.9 Å². The fourth-order valence-electron chi connectivity index (χ4n) is 8.72. The lowest BCUT2D eigenvalue weighted by Crippen LogP contribution is -2.30. The van der Waals surface area contributed by atoms with Crippen molar-refractivity contribution in [1.29, 1.82) is 0 Å². The van der Waals surface area contributed by atoms with E-state index >= 15 is 0 Å². The molecule has 1 atom stereocenters. The number of allylic oxidation sites excluding steroid dienone is 26. The molecule has 0 fully saturated rings. The molecule has 0 aliphatic rings. The summed E-state index contributed by atoms with van der Waals surface area (Å²) in [5.74, 6) is -0.941. The summed E-state index contributed by atoms with van der Waals surface area (Å²) >= 11 is 0. The number of hydrogen-bond donors (Lipinski definition) is 0. The second kappa shape index (κ2) is 68.5. The number of rotatable bonds is 59. The number of carbonyl (C=O) groups is 3. The van der Waals surface area contributed by atoms with Gasteiger partial charge in [0.2, 0.25) is 0 Å². The molecule has 82 heavy (non-hydrogen) atoms. The van der Waals surface area contributed by atoms with Crippen LogP contribution in [0.5, 0.6) is 0 Å². The maximum atomic E-state index is 12.9. The molecule has 0 saturated carbocycles. The average molecular weight is 1130 g/mol. The SMILES string of the molecule is CC/C=C\C/C=C\C/C=C\C/C=C\C/C=C\C/C=C\C/C=C\C/C=C\C/C=C\CCCCCCCC(=O)OCC(COC(=O)CCCCCCC/C=C\C/C=C\CCCC)OC(=O)CCCCCCCCC/C=C\C/C=C\CCCCC. The number of hydrogen-bond acceptors (Lipinski definition) is 6. The largest absolute Gasteiger partial charge is 0.462 e. The monoisotopic (exact) mass is 1130 g/mol. The van der Waals surface area contributed by atoms with Gasteiger partial charge in [-0.05, 0) is 148 Å². The van der Waals surface area contributed by atoms with Crippen molar-refractivity contribution < 1.29 is 28.6 Å². The Labute approximate surface area is 505 Å². The van der Waals surface area contributed by atoms with Crippen molar-refractivity contribution in [2.24, 2.45) is 0 Å². The zero-order chi connectivity index (χ0) is 59.2. The molecule has 6 nitrogen and oxygen atoms in total. The molecule has 0 aromatic rings. The molecule has 0 rings (SSSR count). The van der Waals surface area contributed by atoms with E-state index in [1.807, 2.05) is 0 Å². The van der Waals surface area contributed by atoms with E-state index in [-0.39, 0.29) is 31.1 Å². The molecule has 0 aromatic heterocycles. The zero-order valence-corrected chi connectivity index (χ0v) is 52.9. The van der Waals surface area contributed by atoms with Gasteiger partial charge in [0, 0.05) is 19.3 Å². The van der Waals surface area contributed by atoms with Crippen molar-refractivity contribution in [2.75, 3.05) is 13.2 Å². The van der Waals surface area contributed by atoms with Crippen LogP contribution in [0.4, 0.5) is 0 Å². The molecule has 0 radical (unpaired) electrons. The first-order valence-corrected chi connectivity index (χ1v) is 33.5. The Bertz CT molecular complexity index is 1830. The molecule has 0 heterocycles. The predicted octanol–water partition coefficient (Wildman–Crippen LogP) is 23.3. The van der Waals surface area contributed by atoms with Crippen LogP contribution in [-0.4, -0.2) is 37.2 Å². The van der Waals surface area contributed by atoms with Gasteiger partial charge in [-0.15, -0.1) is 0 Å². The van der Waals surface area contributed by atoms with Crippen molar-refractivity contribution in [3.05, 3.63) is 158 Å². The van der Waals surface area contributed by atoms with Crippen molar-refractivity contribution in [1.82, 2.24) is 0 Å². The Morgan fingerprint density at radius 2 is 0.488 bits per heavy atom. The van der Waals surface area contributed by atoms with Crippen LogP contribution < -0.4 is 0 Å². The summed E-state index contributed by atoms with van der Waals surface area (Å²) in [4.78, 5) is 38.3. The summed E-state index contributed by atoms with van der Waals surface area (Å²) in [5.41, 5.74) is 0. The van der Waals surface area contributed by atoms with Crippen LogP contribution in [0.15, 0.2) is 158 Å².